The number of hydrogen-bond acceptors (Lipinski definition) is 5. The number of carbonyl (C=O) groups is 3. The van der Waals surface area contributed by atoms with Crippen molar-refractivity contribution in [2.75, 3.05) is 39.3 Å². The fourth-order valence-corrected chi connectivity index (χ4v) is 4.98. The Bertz CT molecular complexity index is 1160. The van der Waals surface area contributed by atoms with Crippen molar-refractivity contribution in [1.82, 2.24) is 14.7 Å². The van der Waals surface area contributed by atoms with Gasteiger partial charge in [-0.3, -0.25) is 24.2 Å². The summed E-state index contributed by atoms with van der Waals surface area (Å²) in [7, 11) is 0. The first kappa shape index (κ1) is 20.6. The quantitative estimate of drug-likeness (QED) is 0.446. The molecule has 0 saturated carbocycles. The lowest BCUT2D eigenvalue weighted by molar-refractivity contribution is -0.127. The second-order valence-corrected chi connectivity index (χ2v) is 8.97. The van der Waals surface area contributed by atoms with Gasteiger partial charge in [-0.15, -0.1) is 11.3 Å². The molecule has 2 aromatic carbocycles. The molecule has 0 atom stereocenters. The number of carbonyl (C=O) groups excluding carboxylic acids is 3. The average molecular weight is 446 g/mol. The maximum Gasteiger partial charge on any atom is 0.261 e. The molecule has 5 rings (SSSR count). The van der Waals surface area contributed by atoms with E-state index in [2.05, 4.69) is 4.90 Å². The topological polar surface area (TPSA) is 60.9 Å². The minimum atomic E-state index is -0.230. The Kier molecular flexibility index (Phi) is 5.59. The van der Waals surface area contributed by atoms with Crippen LogP contribution < -0.4 is 0 Å². The molecule has 3 heterocycles. The Morgan fingerprint density at radius 3 is 2.19 bits per heavy atom. The third kappa shape index (κ3) is 3.85. The van der Waals surface area contributed by atoms with Gasteiger partial charge in [0.05, 0.1) is 0 Å². The van der Waals surface area contributed by atoms with Crippen LogP contribution in [0, 0.1) is 0 Å². The van der Waals surface area contributed by atoms with E-state index in [0.29, 0.717) is 37.3 Å². The first-order valence-corrected chi connectivity index (χ1v) is 11.6. The van der Waals surface area contributed by atoms with Crippen molar-refractivity contribution >= 4 is 45.9 Å². The molecule has 2 aliphatic rings. The second kappa shape index (κ2) is 8.68. The molecular formula is C25H23N3O3S. The Hall–Kier alpha value is -3.29. The van der Waals surface area contributed by atoms with E-state index in [4.69, 9.17) is 0 Å². The number of thiophene rings is 1. The minimum Gasteiger partial charge on any atom is -0.337 e. The molecule has 162 valence electrons. The van der Waals surface area contributed by atoms with Gasteiger partial charge in [0, 0.05) is 66.7 Å². The average Bonchev–Trinajstić information content (AvgIpc) is 3.35. The fourth-order valence-electron chi connectivity index (χ4n) is 4.36. The molecular weight excluding hydrogens is 422 g/mol. The van der Waals surface area contributed by atoms with E-state index in [1.807, 2.05) is 52.8 Å². The monoisotopic (exact) mass is 445 g/mol. The number of nitrogens with zero attached hydrogens (tertiary/aromatic N) is 3. The van der Waals surface area contributed by atoms with E-state index >= 15 is 0 Å². The number of rotatable bonds is 5. The molecule has 0 radical (unpaired) electrons. The molecule has 1 fully saturated rings. The predicted molar refractivity (Wildman–Crippen MR) is 126 cm³/mol. The highest BCUT2D eigenvalue weighted by molar-refractivity contribution is 7.10. The van der Waals surface area contributed by atoms with E-state index < -0.39 is 0 Å². The molecule has 0 aliphatic carbocycles. The first-order valence-electron chi connectivity index (χ1n) is 10.7. The first-order chi connectivity index (χ1) is 15.6. The van der Waals surface area contributed by atoms with Gasteiger partial charge in [0.25, 0.3) is 11.8 Å². The van der Waals surface area contributed by atoms with Crippen LogP contribution in [0.4, 0.5) is 0 Å². The van der Waals surface area contributed by atoms with Gasteiger partial charge in [0.15, 0.2) is 0 Å². The third-order valence-corrected chi connectivity index (χ3v) is 6.95. The largest absolute Gasteiger partial charge is 0.337 e. The summed E-state index contributed by atoms with van der Waals surface area (Å²) in [4.78, 5) is 44.9. The molecule has 3 amide bonds. The van der Waals surface area contributed by atoms with Crippen molar-refractivity contribution in [3.8, 4) is 0 Å². The Morgan fingerprint density at radius 2 is 1.56 bits per heavy atom. The SMILES string of the molecule is O=C(C=Cc1cccs1)N1CCN(CCN2C(=O)c3cccc4cccc(c34)C2=O)CC1. The van der Waals surface area contributed by atoms with Crippen molar-refractivity contribution in [3.05, 3.63) is 76.0 Å². The van der Waals surface area contributed by atoms with Crippen LogP contribution in [-0.4, -0.2) is 71.7 Å². The zero-order valence-corrected chi connectivity index (χ0v) is 18.4. The van der Waals surface area contributed by atoms with Gasteiger partial charge in [0.1, 0.15) is 0 Å². The highest BCUT2D eigenvalue weighted by Crippen LogP contribution is 2.29. The van der Waals surface area contributed by atoms with Crippen LogP contribution in [0.3, 0.4) is 0 Å². The molecule has 2 aliphatic heterocycles. The van der Waals surface area contributed by atoms with Crippen LogP contribution in [0.1, 0.15) is 25.6 Å². The molecule has 1 aromatic heterocycles. The van der Waals surface area contributed by atoms with Crippen LogP contribution in [0.25, 0.3) is 16.8 Å². The third-order valence-electron chi connectivity index (χ3n) is 6.11. The fraction of sp³-hybridized carbons (Fsp3) is 0.240. The number of imide groups is 1. The van der Waals surface area contributed by atoms with Gasteiger partial charge in [0.2, 0.25) is 5.91 Å². The van der Waals surface area contributed by atoms with Crippen LogP contribution in [0.15, 0.2) is 60.0 Å². The summed E-state index contributed by atoms with van der Waals surface area (Å²) < 4.78 is 0. The molecule has 3 aromatic rings. The summed E-state index contributed by atoms with van der Waals surface area (Å²) in [6, 6.07) is 15.1. The smallest absolute Gasteiger partial charge is 0.261 e. The molecule has 6 nitrogen and oxygen atoms in total. The summed E-state index contributed by atoms with van der Waals surface area (Å²) in [6.45, 7) is 3.66. The molecule has 1 saturated heterocycles. The van der Waals surface area contributed by atoms with Crippen molar-refractivity contribution in [2.45, 2.75) is 0 Å². The molecule has 0 N–H and O–H groups in total. The zero-order valence-electron chi connectivity index (χ0n) is 17.6. The summed E-state index contributed by atoms with van der Waals surface area (Å²) in [5.41, 5.74) is 1.18. The number of benzene rings is 2. The van der Waals surface area contributed by atoms with E-state index in [1.165, 1.54) is 4.90 Å². The van der Waals surface area contributed by atoms with Gasteiger partial charge < -0.3 is 4.90 Å². The molecule has 32 heavy (non-hydrogen) atoms. The molecule has 7 heteroatoms. The van der Waals surface area contributed by atoms with Crippen LogP contribution in [-0.2, 0) is 4.79 Å². The van der Waals surface area contributed by atoms with Crippen molar-refractivity contribution in [1.29, 1.82) is 0 Å². The summed E-state index contributed by atoms with van der Waals surface area (Å²) in [6.07, 6.45) is 3.48. The Labute approximate surface area is 190 Å². The summed E-state index contributed by atoms with van der Waals surface area (Å²) >= 11 is 1.60. The van der Waals surface area contributed by atoms with E-state index in [0.717, 1.165) is 28.7 Å². The summed E-state index contributed by atoms with van der Waals surface area (Å²) in [5, 5.41) is 3.65. The molecule has 0 unspecified atom stereocenters. The van der Waals surface area contributed by atoms with Crippen LogP contribution in [0.2, 0.25) is 0 Å². The minimum absolute atomic E-state index is 0.0177. The van der Waals surface area contributed by atoms with Crippen molar-refractivity contribution in [2.24, 2.45) is 0 Å². The van der Waals surface area contributed by atoms with E-state index in [-0.39, 0.29) is 17.7 Å². The van der Waals surface area contributed by atoms with Crippen LogP contribution in [0.5, 0.6) is 0 Å². The molecule has 0 bridgehead atoms. The van der Waals surface area contributed by atoms with Gasteiger partial charge in [-0.05, 0) is 35.0 Å². The van der Waals surface area contributed by atoms with Crippen molar-refractivity contribution in [3.63, 3.8) is 0 Å². The van der Waals surface area contributed by atoms with Gasteiger partial charge in [-0.2, -0.15) is 0 Å². The van der Waals surface area contributed by atoms with Gasteiger partial charge in [-0.1, -0.05) is 30.3 Å². The number of piperazine rings is 1. The number of hydrogen-bond donors (Lipinski definition) is 0. The lowest BCUT2D eigenvalue weighted by Crippen LogP contribution is -2.51. The lowest BCUT2D eigenvalue weighted by Gasteiger charge is -2.35. The number of amides is 3. The predicted octanol–water partition coefficient (Wildman–Crippen LogP) is 3.35. The highest BCUT2D eigenvalue weighted by atomic mass is 32.1. The Morgan fingerprint density at radius 1 is 0.875 bits per heavy atom. The summed E-state index contributed by atoms with van der Waals surface area (Å²) in [5.74, 6) is -0.442. The van der Waals surface area contributed by atoms with Crippen molar-refractivity contribution < 1.29 is 14.4 Å². The normalized spacial score (nSPS) is 17.0. The lowest BCUT2D eigenvalue weighted by atomic mass is 9.94. The Balaban J connectivity index is 1.19. The second-order valence-electron chi connectivity index (χ2n) is 7.99. The maximum absolute atomic E-state index is 13.0. The maximum atomic E-state index is 13.0. The van der Waals surface area contributed by atoms with Gasteiger partial charge >= 0.3 is 0 Å². The highest BCUT2D eigenvalue weighted by Gasteiger charge is 2.33. The standard InChI is InChI=1S/C25H23N3O3S/c29-22(10-9-19-6-3-17-32-19)27-14-11-26(12-15-27)13-16-28-24(30)20-7-1-4-18-5-2-8-21(23(18)20)25(28)31/h1-10,17H,11-16H2. The van der Waals surface area contributed by atoms with Gasteiger partial charge in [-0.25, -0.2) is 0 Å². The van der Waals surface area contributed by atoms with E-state index in [1.54, 1.807) is 29.5 Å². The molecule has 0 spiro atoms. The van der Waals surface area contributed by atoms with Crippen LogP contribution >= 0.6 is 11.3 Å². The van der Waals surface area contributed by atoms with E-state index in [9.17, 15) is 14.4 Å². The zero-order chi connectivity index (χ0) is 22.1.